The molecule has 0 spiro atoms. The minimum atomic E-state index is 0.0340. The fourth-order valence-corrected chi connectivity index (χ4v) is 2.21. The van der Waals surface area contributed by atoms with Crippen molar-refractivity contribution < 1.29 is 4.74 Å². The first kappa shape index (κ1) is 14.4. The Morgan fingerprint density at radius 2 is 1.50 bits per heavy atom. The second kappa shape index (κ2) is 6.47. The summed E-state index contributed by atoms with van der Waals surface area (Å²) in [7, 11) is 0. The number of benzene rings is 2. The maximum Gasteiger partial charge on any atom is 0.121 e. The summed E-state index contributed by atoms with van der Waals surface area (Å²) in [6.07, 6.45) is 1.15. The molecule has 0 aliphatic rings. The molecule has 0 saturated carbocycles. The van der Waals surface area contributed by atoms with Crippen molar-refractivity contribution in [2.24, 2.45) is 5.92 Å². The Bertz CT molecular complexity index is 528. The molecule has 0 radical (unpaired) electrons. The highest BCUT2D eigenvalue weighted by Gasteiger charge is 2.07. The Labute approximate surface area is 121 Å². The smallest absolute Gasteiger partial charge is 0.121 e. The molecule has 0 saturated heterocycles. The second-order valence-electron chi connectivity index (χ2n) is 5.67. The maximum atomic E-state index is 5.92. The molecule has 0 aromatic heterocycles. The molecule has 0 heterocycles. The molecule has 2 nitrogen and oxygen atoms in total. The van der Waals surface area contributed by atoms with Crippen LogP contribution in [0.1, 0.15) is 38.0 Å². The number of hydrogen-bond acceptors (Lipinski definition) is 2. The molecule has 1 unspecified atom stereocenters. The zero-order valence-electron chi connectivity index (χ0n) is 12.5. The van der Waals surface area contributed by atoms with E-state index in [1.54, 1.807) is 0 Å². The molecular weight excluding hydrogens is 246 g/mol. The summed E-state index contributed by atoms with van der Waals surface area (Å²) < 4.78 is 5.92. The summed E-state index contributed by atoms with van der Waals surface area (Å²) in [5.41, 5.74) is 8.99. The Hall–Kier alpha value is -1.96. The van der Waals surface area contributed by atoms with Crippen LogP contribution in [0.3, 0.4) is 0 Å². The molecular formula is C18H23NO. The minimum absolute atomic E-state index is 0.0340. The van der Waals surface area contributed by atoms with E-state index >= 15 is 0 Å². The molecule has 0 aliphatic heterocycles. The van der Waals surface area contributed by atoms with Crippen molar-refractivity contribution in [1.82, 2.24) is 0 Å². The van der Waals surface area contributed by atoms with Gasteiger partial charge in [0.25, 0.3) is 0 Å². The van der Waals surface area contributed by atoms with Crippen LogP contribution in [0.2, 0.25) is 0 Å². The monoisotopic (exact) mass is 269 g/mol. The van der Waals surface area contributed by atoms with E-state index in [1.165, 1.54) is 11.1 Å². The zero-order chi connectivity index (χ0) is 14.5. The van der Waals surface area contributed by atoms with E-state index in [0.717, 1.165) is 17.9 Å². The lowest BCUT2D eigenvalue weighted by molar-refractivity contribution is 0.227. The van der Waals surface area contributed by atoms with Crippen molar-refractivity contribution >= 4 is 5.69 Å². The predicted molar refractivity (Wildman–Crippen MR) is 84.9 cm³/mol. The van der Waals surface area contributed by atoms with Crippen LogP contribution in [0.5, 0.6) is 5.75 Å². The third-order valence-electron chi connectivity index (χ3n) is 3.29. The molecule has 106 valence electrons. The fraction of sp³-hybridized carbons (Fsp3) is 0.333. The van der Waals surface area contributed by atoms with E-state index in [4.69, 9.17) is 10.5 Å². The summed E-state index contributed by atoms with van der Waals surface area (Å²) in [5.74, 6) is 1.53. The largest absolute Gasteiger partial charge is 0.486 e. The standard InChI is InChI=1S/C18H23NO/c1-13(2)12-15-4-6-16(7-5-15)14(3)20-18-10-8-17(19)9-11-18/h4-11,13-14H,12,19H2,1-3H3. The van der Waals surface area contributed by atoms with Crippen LogP contribution in [-0.4, -0.2) is 0 Å². The van der Waals surface area contributed by atoms with Gasteiger partial charge < -0.3 is 10.5 Å². The van der Waals surface area contributed by atoms with Gasteiger partial charge in [-0.1, -0.05) is 38.1 Å². The summed E-state index contributed by atoms with van der Waals surface area (Å²) >= 11 is 0. The number of nitrogens with two attached hydrogens (primary N) is 1. The first-order valence-corrected chi connectivity index (χ1v) is 7.15. The normalized spacial score (nSPS) is 12.4. The van der Waals surface area contributed by atoms with Gasteiger partial charge in [0.05, 0.1) is 0 Å². The molecule has 2 heteroatoms. The average Bonchev–Trinajstić information content (AvgIpc) is 2.41. The van der Waals surface area contributed by atoms with Gasteiger partial charge in [-0.2, -0.15) is 0 Å². The minimum Gasteiger partial charge on any atom is -0.486 e. The van der Waals surface area contributed by atoms with E-state index < -0.39 is 0 Å². The van der Waals surface area contributed by atoms with E-state index in [-0.39, 0.29) is 6.10 Å². The van der Waals surface area contributed by atoms with Crippen molar-refractivity contribution in [2.45, 2.75) is 33.3 Å². The van der Waals surface area contributed by atoms with Crippen LogP contribution in [0.4, 0.5) is 5.69 Å². The molecule has 0 aliphatic carbocycles. The quantitative estimate of drug-likeness (QED) is 0.805. The SMILES string of the molecule is CC(C)Cc1ccc(C(C)Oc2ccc(N)cc2)cc1. The summed E-state index contributed by atoms with van der Waals surface area (Å²) in [5, 5.41) is 0. The first-order chi connectivity index (χ1) is 9.54. The highest BCUT2D eigenvalue weighted by Crippen LogP contribution is 2.23. The third-order valence-corrected chi connectivity index (χ3v) is 3.29. The molecule has 20 heavy (non-hydrogen) atoms. The van der Waals surface area contributed by atoms with Crippen molar-refractivity contribution in [3.8, 4) is 5.75 Å². The van der Waals surface area contributed by atoms with Crippen molar-refractivity contribution in [2.75, 3.05) is 5.73 Å². The Morgan fingerprint density at radius 1 is 0.900 bits per heavy atom. The van der Waals surface area contributed by atoms with E-state index in [0.29, 0.717) is 5.92 Å². The summed E-state index contributed by atoms with van der Waals surface area (Å²) in [4.78, 5) is 0. The van der Waals surface area contributed by atoms with Gasteiger partial charge in [-0.3, -0.25) is 0 Å². The van der Waals surface area contributed by atoms with Gasteiger partial charge in [-0.15, -0.1) is 0 Å². The maximum absolute atomic E-state index is 5.92. The molecule has 0 fully saturated rings. The van der Waals surface area contributed by atoms with Gasteiger partial charge in [0, 0.05) is 5.69 Å². The molecule has 1 atom stereocenters. The number of hydrogen-bond donors (Lipinski definition) is 1. The lowest BCUT2D eigenvalue weighted by atomic mass is 10.0. The van der Waals surface area contributed by atoms with Crippen molar-refractivity contribution in [1.29, 1.82) is 0 Å². The Morgan fingerprint density at radius 3 is 2.05 bits per heavy atom. The fourth-order valence-electron chi connectivity index (χ4n) is 2.21. The third kappa shape index (κ3) is 4.02. The Balaban J connectivity index is 2.01. The highest BCUT2D eigenvalue weighted by atomic mass is 16.5. The van der Waals surface area contributed by atoms with Crippen LogP contribution in [0.15, 0.2) is 48.5 Å². The van der Waals surface area contributed by atoms with E-state index in [2.05, 4.69) is 45.0 Å². The lowest BCUT2D eigenvalue weighted by Crippen LogP contribution is -2.03. The van der Waals surface area contributed by atoms with Crippen LogP contribution in [0.25, 0.3) is 0 Å². The van der Waals surface area contributed by atoms with Crippen LogP contribution >= 0.6 is 0 Å². The predicted octanol–water partition coefficient (Wildman–Crippen LogP) is 4.61. The van der Waals surface area contributed by atoms with Crippen LogP contribution in [0, 0.1) is 5.92 Å². The highest BCUT2D eigenvalue weighted by molar-refractivity contribution is 5.41. The molecule has 2 rings (SSSR count). The van der Waals surface area contributed by atoms with E-state index in [1.807, 2.05) is 24.3 Å². The molecule has 2 aromatic rings. The first-order valence-electron chi connectivity index (χ1n) is 7.15. The number of ether oxygens (including phenoxy) is 1. The van der Waals surface area contributed by atoms with E-state index in [9.17, 15) is 0 Å². The second-order valence-corrected chi connectivity index (χ2v) is 5.67. The number of nitrogen functional groups attached to an aromatic ring is 1. The number of anilines is 1. The van der Waals surface area contributed by atoms with Gasteiger partial charge >= 0.3 is 0 Å². The Kier molecular flexibility index (Phi) is 4.67. The summed E-state index contributed by atoms with van der Waals surface area (Å²) in [6.45, 7) is 6.54. The average molecular weight is 269 g/mol. The molecule has 0 bridgehead atoms. The molecule has 0 amide bonds. The van der Waals surface area contributed by atoms with Gasteiger partial charge in [0.15, 0.2) is 0 Å². The molecule has 2 aromatic carbocycles. The van der Waals surface area contributed by atoms with Crippen LogP contribution < -0.4 is 10.5 Å². The number of rotatable bonds is 5. The topological polar surface area (TPSA) is 35.2 Å². The van der Waals surface area contributed by atoms with Crippen molar-refractivity contribution in [3.05, 3.63) is 59.7 Å². The lowest BCUT2D eigenvalue weighted by Gasteiger charge is -2.16. The van der Waals surface area contributed by atoms with Gasteiger partial charge in [-0.05, 0) is 54.7 Å². The van der Waals surface area contributed by atoms with Crippen LogP contribution in [-0.2, 0) is 6.42 Å². The van der Waals surface area contributed by atoms with Gasteiger partial charge in [0.1, 0.15) is 11.9 Å². The zero-order valence-corrected chi connectivity index (χ0v) is 12.5. The summed E-state index contributed by atoms with van der Waals surface area (Å²) in [6, 6.07) is 16.2. The van der Waals surface area contributed by atoms with Gasteiger partial charge in [-0.25, -0.2) is 0 Å². The van der Waals surface area contributed by atoms with Gasteiger partial charge in [0.2, 0.25) is 0 Å². The molecule has 2 N–H and O–H groups in total. The van der Waals surface area contributed by atoms with Crippen molar-refractivity contribution in [3.63, 3.8) is 0 Å².